The van der Waals surface area contributed by atoms with Gasteiger partial charge >= 0.3 is 0 Å². The second-order valence-corrected chi connectivity index (χ2v) is 5.96. The van der Waals surface area contributed by atoms with E-state index in [0.29, 0.717) is 17.4 Å². The van der Waals surface area contributed by atoms with Gasteiger partial charge in [-0.25, -0.2) is 0 Å². The van der Waals surface area contributed by atoms with Gasteiger partial charge in [0.15, 0.2) is 0 Å². The average Bonchev–Trinajstić information content (AvgIpc) is 2.38. The van der Waals surface area contributed by atoms with Crippen LogP contribution in [0.4, 0.5) is 0 Å². The largest absolute Gasteiger partial charge is 0.489 e. The highest BCUT2D eigenvalue weighted by Crippen LogP contribution is 2.31. The van der Waals surface area contributed by atoms with Crippen LogP contribution >= 0.6 is 11.6 Å². The first-order valence-corrected chi connectivity index (χ1v) is 7.28. The third-order valence-corrected chi connectivity index (χ3v) is 4.06. The standard InChI is InChI=1S/C15H22ClNO2/c1-11(17)12-5-6-14(13(16)9-12)19-10-15(18)7-3-2-4-8-15/h5-6,9,11,18H,2-4,7-8,10,17H2,1H3. The molecule has 1 saturated carbocycles. The van der Waals surface area contributed by atoms with E-state index in [1.54, 1.807) is 0 Å². The molecule has 1 aliphatic carbocycles. The van der Waals surface area contributed by atoms with Crippen molar-refractivity contribution >= 4 is 11.6 Å². The van der Waals surface area contributed by atoms with E-state index in [1.165, 1.54) is 6.42 Å². The molecule has 1 unspecified atom stereocenters. The summed E-state index contributed by atoms with van der Waals surface area (Å²) in [6.07, 6.45) is 4.95. The molecular formula is C15H22ClNO2. The van der Waals surface area contributed by atoms with Crippen molar-refractivity contribution in [2.75, 3.05) is 6.61 Å². The lowest BCUT2D eigenvalue weighted by Gasteiger charge is -2.31. The van der Waals surface area contributed by atoms with Crippen LogP contribution in [0.3, 0.4) is 0 Å². The topological polar surface area (TPSA) is 55.5 Å². The third-order valence-electron chi connectivity index (χ3n) is 3.76. The Hall–Kier alpha value is -0.770. The van der Waals surface area contributed by atoms with E-state index in [4.69, 9.17) is 22.1 Å². The quantitative estimate of drug-likeness (QED) is 0.890. The number of rotatable bonds is 4. The Kier molecular flexibility index (Phi) is 4.71. The first-order valence-electron chi connectivity index (χ1n) is 6.90. The van der Waals surface area contributed by atoms with Gasteiger partial charge in [-0.2, -0.15) is 0 Å². The Balaban J connectivity index is 1.99. The summed E-state index contributed by atoms with van der Waals surface area (Å²) in [5.41, 5.74) is 6.09. The fraction of sp³-hybridized carbons (Fsp3) is 0.600. The van der Waals surface area contributed by atoms with Crippen LogP contribution in [0.15, 0.2) is 18.2 Å². The van der Waals surface area contributed by atoms with E-state index < -0.39 is 5.60 Å². The van der Waals surface area contributed by atoms with Crippen LogP contribution in [0.1, 0.15) is 50.6 Å². The van der Waals surface area contributed by atoms with E-state index in [-0.39, 0.29) is 6.04 Å². The third kappa shape index (κ3) is 3.85. The Bertz CT molecular complexity index is 428. The highest BCUT2D eigenvalue weighted by Gasteiger charge is 2.30. The maximum Gasteiger partial charge on any atom is 0.138 e. The molecule has 0 saturated heterocycles. The molecule has 0 aliphatic heterocycles. The van der Waals surface area contributed by atoms with Gasteiger partial charge in [0.2, 0.25) is 0 Å². The average molecular weight is 284 g/mol. The van der Waals surface area contributed by atoms with Gasteiger partial charge in [-0.15, -0.1) is 0 Å². The van der Waals surface area contributed by atoms with Crippen molar-refractivity contribution in [1.82, 2.24) is 0 Å². The van der Waals surface area contributed by atoms with Gasteiger partial charge in [-0.3, -0.25) is 0 Å². The molecule has 4 heteroatoms. The first-order chi connectivity index (χ1) is 9.00. The van der Waals surface area contributed by atoms with Gasteiger partial charge in [0, 0.05) is 6.04 Å². The minimum atomic E-state index is -0.693. The molecule has 0 spiro atoms. The SMILES string of the molecule is CC(N)c1ccc(OCC2(O)CCCCC2)c(Cl)c1. The number of aliphatic hydroxyl groups is 1. The number of benzene rings is 1. The monoisotopic (exact) mass is 283 g/mol. The van der Waals surface area contributed by atoms with Gasteiger partial charge in [-0.1, -0.05) is 36.9 Å². The second kappa shape index (κ2) is 6.12. The summed E-state index contributed by atoms with van der Waals surface area (Å²) in [6, 6.07) is 5.52. The minimum absolute atomic E-state index is 0.0471. The lowest BCUT2D eigenvalue weighted by Crippen LogP contribution is -2.37. The molecular weight excluding hydrogens is 262 g/mol. The van der Waals surface area contributed by atoms with Crippen LogP contribution in [0, 0.1) is 0 Å². The maximum atomic E-state index is 10.4. The van der Waals surface area contributed by atoms with E-state index in [2.05, 4.69) is 0 Å². The van der Waals surface area contributed by atoms with Gasteiger partial charge in [0.1, 0.15) is 12.4 Å². The Morgan fingerprint density at radius 2 is 2.05 bits per heavy atom. The Morgan fingerprint density at radius 3 is 2.63 bits per heavy atom. The fourth-order valence-corrected chi connectivity index (χ4v) is 2.73. The molecule has 0 heterocycles. The molecule has 3 nitrogen and oxygen atoms in total. The molecule has 0 radical (unpaired) electrons. The Labute approximate surface area is 119 Å². The van der Waals surface area contributed by atoms with Crippen molar-refractivity contribution in [1.29, 1.82) is 0 Å². The van der Waals surface area contributed by atoms with Crippen molar-refractivity contribution in [3.05, 3.63) is 28.8 Å². The summed E-state index contributed by atoms with van der Waals surface area (Å²) in [4.78, 5) is 0. The van der Waals surface area contributed by atoms with Crippen LogP contribution in [-0.4, -0.2) is 17.3 Å². The van der Waals surface area contributed by atoms with Crippen LogP contribution in [0.25, 0.3) is 0 Å². The zero-order chi connectivity index (χ0) is 13.9. The summed E-state index contributed by atoms with van der Waals surface area (Å²) in [6.45, 7) is 2.22. The van der Waals surface area contributed by atoms with E-state index in [1.807, 2.05) is 25.1 Å². The van der Waals surface area contributed by atoms with E-state index in [9.17, 15) is 5.11 Å². The number of ether oxygens (including phenoxy) is 1. The molecule has 1 aromatic carbocycles. The summed E-state index contributed by atoms with van der Waals surface area (Å²) < 4.78 is 5.69. The van der Waals surface area contributed by atoms with Gasteiger partial charge in [0.05, 0.1) is 10.6 Å². The molecule has 106 valence electrons. The highest BCUT2D eigenvalue weighted by molar-refractivity contribution is 6.32. The zero-order valence-corrected chi connectivity index (χ0v) is 12.1. The second-order valence-electron chi connectivity index (χ2n) is 5.55. The molecule has 2 rings (SSSR count). The molecule has 0 amide bonds. The summed E-state index contributed by atoms with van der Waals surface area (Å²) in [5.74, 6) is 0.616. The van der Waals surface area contributed by atoms with Crippen LogP contribution < -0.4 is 10.5 Å². The van der Waals surface area contributed by atoms with E-state index in [0.717, 1.165) is 31.2 Å². The van der Waals surface area contributed by atoms with Crippen molar-refractivity contribution in [3.8, 4) is 5.75 Å². The van der Waals surface area contributed by atoms with Gasteiger partial charge < -0.3 is 15.6 Å². The van der Waals surface area contributed by atoms with Crippen molar-refractivity contribution in [3.63, 3.8) is 0 Å². The lowest BCUT2D eigenvalue weighted by molar-refractivity contribution is -0.0338. The molecule has 1 atom stereocenters. The predicted octanol–water partition coefficient (Wildman–Crippen LogP) is 3.43. The predicted molar refractivity (Wildman–Crippen MR) is 77.6 cm³/mol. The number of halogens is 1. The highest BCUT2D eigenvalue weighted by atomic mass is 35.5. The van der Waals surface area contributed by atoms with Crippen LogP contribution in [-0.2, 0) is 0 Å². The number of nitrogens with two attached hydrogens (primary N) is 1. The number of hydrogen-bond donors (Lipinski definition) is 2. The van der Waals surface area contributed by atoms with E-state index >= 15 is 0 Å². The van der Waals surface area contributed by atoms with Crippen molar-refractivity contribution in [2.24, 2.45) is 5.73 Å². The van der Waals surface area contributed by atoms with Crippen molar-refractivity contribution < 1.29 is 9.84 Å². The molecule has 0 bridgehead atoms. The Morgan fingerprint density at radius 1 is 1.37 bits per heavy atom. The molecule has 0 aromatic heterocycles. The maximum absolute atomic E-state index is 10.4. The summed E-state index contributed by atoms with van der Waals surface area (Å²) in [7, 11) is 0. The lowest BCUT2D eigenvalue weighted by atomic mass is 9.85. The van der Waals surface area contributed by atoms with Crippen molar-refractivity contribution in [2.45, 2.75) is 50.7 Å². The molecule has 3 N–H and O–H groups in total. The summed E-state index contributed by atoms with van der Waals surface area (Å²) >= 11 is 6.17. The molecule has 19 heavy (non-hydrogen) atoms. The normalized spacial score (nSPS) is 20.0. The minimum Gasteiger partial charge on any atom is -0.489 e. The molecule has 1 aromatic rings. The number of hydrogen-bond acceptors (Lipinski definition) is 3. The van der Waals surface area contributed by atoms with Crippen LogP contribution in [0.5, 0.6) is 5.75 Å². The van der Waals surface area contributed by atoms with Crippen LogP contribution in [0.2, 0.25) is 5.02 Å². The molecule has 1 aliphatic rings. The van der Waals surface area contributed by atoms with Gasteiger partial charge in [0.25, 0.3) is 0 Å². The smallest absolute Gasteiger partial charge is 0.138 e. The zero-order valence-electron chi connectivity index (χ0n) is 11.4. The fourth-order valence-electron chi connectivity index (χ4n) is 2.48. The molecule has 1 fully saturated rings. The summed E-state index contributed by atoms with van der Waals surface area (Å²) in [5, 5.41) is 10.9. The first kappa shape index (κ1) is 14.6. The van der Waals surface area contributed by atoms with Gasteiger partial charge in [-0.05, 0) is 37.5 Å².